The molecule has 0 atom stereocenters. The minimum atomic E-state index is -0.523. The number of nitrogens with zero attached hydrogens (tertiary/aromatic N) is 1. The van der Waals surface area contributed by atoms with Crippen molar-refractivity contribution < 1.29 is 0 Å². The van der Waals surface area contributed by atoms with Crippen LogP contribution in [0.1, 0.15) is 22.3 Å². The fourth-order valence-corrected chi connectivity index (χ4v) is 9.97. The summed E-state index contributed by atoms with van der Waals surface area (Å²) in [7, 11) is 0. The molecule has 0 spiro atoms. The molecule has 0 amide bonds. The summed E-state index contributed by atoms with van der Waals surface area (Å²) in [4.78, 5) is 2.46. The van der Waals surface area contributed by atoms with Gasteiger partial charge in [-0.05, 0) is 103 Å². The highest BCUT2D eigenvalue weighted by Gasteiger charge is 2.46. The van der Waals surface area contributed by atoms with Gasteiger partial charge in [0.05, 0.1) is 11.1 Å². The Morgan fingerprint density at radius 3 is 1.35 bits per heavy atom. The van der Waals surface area contributed by atoms with Gasteiger partial charge in [-0.3, -0.25) is 0 Å². The predicted molar refractivity (Wildman–Crippen MR) is 260 cm³/mol. The summed E-state index contributed by atoms with van der Waals surface area (Å²) in [5.74, 6) is 0. The average Bonchev–Trinajstić information content (AvgIpc) is 3.66. The van der Waals surface area contributed by atoms with Gasteiger partial charge in [0.2, 0.25) is 0 Å². The molecule has 1 nitrogen and oxygen atoms in total. The lowest BCUT2D eigenvalue weighted by atomic mass is 9.67. The molecule has 0 bridgehead atoms. The van der Waals surface area contributed by atoms with Crippen LogP contribution in [0.15, 0.2) is 261 Å². The topological polar surface area (TPSA) is 3.24 Å². The van der Waals surface area contributed by atoms with E-state index in [4.69, 9.17) is 0 Å². The molecule has 11 rings (SSSR count). The Morgan fingerprint density at radius 2 is 0.710 bits per heavy atom. The zero-order valence-corrected chi connectivity index (χ0v) is 34.3. The van der Waals surface area contributed by atoms with Crippen molar-refractivity contribution in [2.24, 2.45) is 0 Å². The van der Waals surface area contributed by atoms with Crippen molar-refractivity contribution in [3.05, 3.63) is 283 Å². The van der Waals surface area contributed by atoms with Gasteiger partial charge in [0.25, 0.3) is 0 Å². The van der Waals surface area contributed by atoms with Crippen LogP contribution in [0.3, 0.4) is 0 Å². The van der Waals surface area contributed by atoms with Crippen LogP contribution >= 0.6 is 0 Å². The number of benzene rings is 10. The van der Waals surface area contributed by atoms with Gasteiger partial charge >= 0.3 is 0 Å². The molecular formula is C61H43N. The van der Waals surface area contributed by atoms with E-state index in [-0.39, 0.29) is 0 Å². The lowest BCUT2D eigenvalue weighted by Gasteiger charge is -2.35. The molecule has 0 saturated carbocycles. The summed E-state index contributed by atoms with van der Waals surface area (Å²) in [5.41, 5.74) is 19.8. The Labute approximate surface area is 364 Å². The molecule has 0 saturated heterocycles. The van der Waals surface area contributed by atoms with Gasteiger partial charge in [0.15, 0.2) is 0 Å². The monoisotopic (exact) mass is 789 g/mol. The Hall–Kier alpha value is -8.00. The molecule has 0 aliphatic heterocycles. The number of rotatable bonds is 9. The Morgan fingerprint density at radius 1 is 0.258 bits per heavy atom. The number of anilines is 3. The van der Waals surface area contributed by atoms with Crippen LogP contribution in [0, 0.1) is 0 Å². The summed E-state index contributed by atoms with van der Waals surface area (Å²) in [6.45, 7) is 0. The second-order valence-corrected chi connectivity index (χ2v) is 16.0. The van der Waals surface area contributed by atoms with Crippen LogP contribution in [-0.4, -0.2) is 0 Å². The van der Waals surface area contributed by atoms with Crippen LogP contribution in [0.5, 0.6) is 0 Å². The zero-order valence-electron chi connectivity index (χ0n) is 34.3. The first-order chi connectivity index (χ1) is 30.8. The van der Waals surface area contributed by atoms with E-state index in [0.717, 1.165) is 22.6 Å². The first-order valence-electron chi connectivity index (χ1n) is 21.4. The van der Waals surface area contributed by atoms with Crippen molar-refractivity contribution in [2.75, 3.05) is 4.90 Å². The van der Waals surface area contributed by atoms with Gasteiger partial charge < -0.3 is 4.90 Å². The molecule has 1 aliphatic rings. The summed E-state index contributed by atoms with van der Waals surface area (Å²) < 4.78 is 0. The van der Waals surface area contributed by atoms with E-state index in [2.05, 4.69) is 266 Å². The van der Waals surface area contributed by atoms with E-state index >= 15 is 0 Å². The minimum absolute atomic E-state index is 0.523. The molecule has 62 heavy (non-hydrogen) atoms. The third-order valence-corrected chi connectivity index (χ3v) is 12.6. The largest absolute Gasteiger partial charge is 0.310 e. The fourth-order valence-electron chi connectivity index (χ4n) is 9.97. The van der Waals surface area contributed by atoms with E-state index in [1.165, 1.54) is 72.3 Å². The van der Waals surface area contributed by atoms with E-state index in [9.17, 15) is 0 Å². The van der Waals surface area contributed by atoms with E-state index in [1.54, 1.807) is 0 Å². The van der Waals surface area contributed by atoms with Crippen molar-refractivity contribution in [2.45, 2.75) is 5.41 Å². The van der Waals surface area contributed by atoms with E-state index in [0.29, 0.717) is 0 Å². The van der Waals surface area contributed by atoms with Gasteiger partial charge in [0.1, 0.15) is 0 Å². The zero-order chi connectivity index (χ0) is 41.3. The summed E-state index contributed by atoms with van der Waals surface area (Å²) in [6, 6.07) is 95.3. The summed E-state index contributed by atoms with van der Waals surface area (Å²) in [5, 5.41) is 0. The van der Waals surface area contributed by atoms with Crippen molar-refractivity contribution in [3.63, 3.8) is 0 Å². The molecule has 0 heterocycles. The molecule has 1 heteroatoms. The quantitative estimate of drug-likeness (QED) is 0.141. The molecule has 292 valence electrons. The third kappa shape index (κ3) is 6.17. The van der Waals surface area contributed by atoms with Crippen LogP contribution in [-0.2, 0) is 5.41 Å². The summed E-state index contributed by atoms with van der Waals surface area (Å²) >= 11 is 0. The number of fused-ring (bicyclic) bond motifs is 3. The SMILES string of the molecule is c1ccc(-c2ccccc2-c2c(-c3ccccc3)cccc2-c2ccccc2N(c2ccccc2)c2ccc3c(c2)C(c2ccccc2)(c2ccccc2)c2ccccc2-3)cc1. The Kier molecular flexibility index (Phi) is 9.48. The number of hydrogen-bond donors (Lipinski definition) is 0. The number of para-hydroxylation sites is 2. The molecule has 0 aromatic heterocycles. The lowest BCUT2D eigenvalue weighted by molar-refractivity contribution is 0.768. The van der Waals surface area contributed by atoms with Crippen molar-refractivity contribution in [3.8, 4) is 55.6 Å². The van der Waals surface area contributed by atoms with E-state index in [1.807, 2.05) is 0 Å². The minimum Gasteiger partial charge on any atom is -0.310 e. The first kappa shape index (κ1) is 37.0. The fraction of sp³-hybridized carbons (Fsp3) is 0.0164. The second kappa shape index (κ2) is 15.9. The highest BCUT2D eigenvalue weighted by Crippen LogP contribution is 2.58. The van der Waals surface area contributed by atoms with Gasteiger partial charge in [0, 0.05) is 16.9 Å². The van der Waals surface area contributed by atoms with Crippen molar-refractivity contribution in [1.29, 1.82) is 0 Å². The molecule has 0 N–H and O–H groups in total. The first-order valence-corrected chi connectivity index (χ1v) is 21.4. The predicted octanol–water partition coefficient (Wildman–Crippen LogP) is 16.2. The highest BCUT2D eigenvalue weighted by molar-refractivity contribution is 6.03. The van der Waals surface area contributed by atoms with E-state index < -0.39 is 5.41 Å². The molecular weight excluding hydrogens is 747 g/mol. The molecule has 0 radical (unpaired) electrons. The lowest BCUT2D eigenvalue weighted by Crippen LogP contribution is -2.28. The van der Waals surface area contributed by atoms with Gasteiger partial charge in [-0.25, -0.2) is 0 Å². The van der Waals surface area contributed by atoms with Crippen LogP contribution in [0.4, 0.5) is 17.1 Å². The maximum atomic E-state index is 2.46. The summed E-state index contributed by atoms with van der Waals surface area (Å²) in [6.07, 6.45) is 0. The van der Waals surface area contributed by atoms with Gasteiger partial charge in [-0.15, -0.1) is 0 Å². The normalized spacial score (nSPS) is 12.3. The molecule has 10 aromatic rings. The van der Waals surface area contributed by atoms with Gasteiger partial charge in [-0.1, -0.05) is 231 Å². The third-order valence-electron chi connectivity index (χ3n) is 12.6. The molecule has 0 fully saturated rings. The average molecular weight is 790 g/mol. The highest BCUT2D eigenvalue weighted by atomic mass is 15.1. The van der Waals surface area contributed by atoms with Crippen LogP contribution in [0.2, 0.25) is 0 Å². The Bertz CT molecular complexity index is 3120. The van der Waals surface area contributed by atoms with Crippen LogP contribution in [0.25, 0.3) is 55.6 Å². The van der Waals surface area contributed by atoms with Crippen molar-refractivity contribution in [1.82, 2.24) is 0 Å². The van der Waals surface area contributed by atoms with Gasteiger partial charge in [-0.2, -0.15) is 0 Å². The number of hydrogen-bond acceptors (Lipinski definition) is 1. The standard InChI is InChI=1S/C61H43N/c1-6-23-44(24-7-1)50-33-16-17-36-55(50)60-51(45-25-8-2-9-26-45)37-22-38-56(60)54-35-19-21-40-59(54)62(48-31-14-5-15-32-48)49-41-42-53-52-34-18-20-39-57(52)61(58(53)43-49,46-27-10-3-11-28-46)47-29-12-4-13-30-47/h1-43H. The smallest absolute Gasteiger partial charge is 0.0714 e. The molecule has 1 aliphatic carbocycles. The maximum Gasteiger partial charge on any atom is 0.0714 e. The Balaban J connectivity index is 1.18. The van der Waals surface area contributed by atoms with Crippen molar-refractivity contribution >= 4 is 17.1 Å². The maximum absolute atomic E-state index is 2.46. The molecule has 10 aromatic carbocycles. The second-order valence-electron chi connectivity index (χ2n) is 16.0. The molecule has 0 unspecified atom stereocenters. The van der Waals surface area contributed by atoms with Crippen LogP contribution < -0.4 is 4.90 Å².